The van der Waals surface area contributed by atoms with E-state index >= 15 is 0 Å². The van der Waals surface area contributed by atoms with Crippen LogP contribution in [0.2, 0.25) is 5.02 Å². The minimum absolute atomic E-state index is 0.00812. The first kappa shape index (κ1) is 26.4. The van der Waals surface area contributed by atoms with Crippen LogP contribution in [0.1, 0.15) is 54.1 Å². The molecule has 1 saturated heterocycles. The molecule has 192 valence electrons. The summed E-state index contributed by atoms with van der Waals surface area (Å²) in [6, 6.07) is 22.0. The molecule has 0 bridgehead atoms. The standard InChI is InChI=1S/C30H33ClN4O2/c1-19(2)27(30(37)35-15-13-21(14-16-35)20-9-11-26(31)12-10-20)34-29(36)25-8-4-6-23(18-25)22-5-3-7-24(17-22)28(32)33/h3-12,17-19,21,27H,13-16H2,1-2H3,(H3,32,33)(H,34,36). The van der Waals surface area contributed by atoms with E-state index in [0.29, 0.717) is 30.1 Å². The SMILES string of the molecule is CC(C)C(NC(=O)c1cccc(-c2cccc(C(=N)N)c2)c1)C(=O)N1CCC(c2ccc(Cl)cc2)CC1. The van der Waals surface area contributed by atoms with Crippen LogP contribution in [-0.2, 0) is 4.79 Å². The van der Waals surface area contributed by atoms with Gasteiger partial charge in [-0.25, -0.2) is 0 Å². The summed E-state index contributed by atoms with van der Waals surface area (Å²) in [7, 11) is 0. The van der Waals surface area contributed by atoms with Gasteiger partial charge in [0.2, 0.25) is 5.91 Å². The Morgan fingerprint density at radius 3 is 2.08 bits per heavy atom. The molecule has 4 rings (SSSR count). The summed E-state index contributed by atoms with van der Waals surface area (Å²) in [4.78, 5) is 28.5. The van der Waals surface area contributed by atoms with Gasteiger partial charge in [0.25, 0.3) is 5.91 Å². The zero-order valence-corrected chi connectivity index (χ0v) is 22.0. The Kier molecular flexibility index (Phi) is 8.29. The van der Waals surface area contributed by atoms with Gasteiger partial charge in [-0.3, -0.25) is 15.0 Å². The zero-order valence-electron chi connectivity index (χ0n) is 21.2. The maximum absolute atomic E-state index is 13.4. The van der Waals surface area contributed by atoms with E-state index in [0.717, 1.165) is 29.0 Å². The summed E-state index contributed by atoms with van der Waals surface area (Å²) < 4.78 is 0. The molecule has 0 aliphatic carbocycles. The summed E-state index contributed by atoms with van der Waals surface area (Å²) in [6.45, 7) is 5.22. The van der Waals surface area contributed by atoms with Crippen LogP contribution in [0.25, 0.3) is 11.1 Å². The number of likely N-dealkylation sites (tertiary alicyclic amines) is 1. The second kappa shape index (κ2) is 11.6. The van der Waals surface area contributed by atoms with Crippen LogP contribution in [0.5, 0.6) is 0 Å². The van der Waals surface area contributed by atoms with Crippen molar-refractivity contribution in [2.45, 2.75) is 38.6 Å². The third kappa shape index (κ3) is 6.38. The maximum atomic E-state index is 13.4. The summed E-state index contributed by atoms with van der Waals surface area (Å²) >= 11 is 6.02. The molecule has 0 aromatic heterocycles. The maximum Gasteiger partial charge on any atom is 0.251 e. The second-order valence-electron chi connectivity index (χ2n) is 9.92. The third-order valence-electron chi connectivity index (χ3n) is 7.00. The Hall–Kier alpha value is -3.64. The number of hydrogen-bond acceptors (Lipinski definition) is 3. The molecule has 6 nitrogen and oxygen atoms in total. The van der Waals surface area contributed by atoms with E-state index in [9.17, 15) is 9.59 Å². The largest absolute Gasteiger partial charge is 0.384 e. The fraction of sp³-hybridized carbons (Fsp3) is 0.300. The van der Waals surface area contributed by atoms with Gasteiger partial charge in [0.1, 0.15) is 11.9 Å². The van der Waals surface area contributed by atoms with Crippen LogP contribution in [0, 0.1) is 11.3 Å². The van der Waals surface area contributed by atoms with E-state index in [1.54, 1.807) is 18.2 Å². The molecule has 0 spiro atoms. The highest BCUT2D eigenvalue weighted by Gasteiger charge is 2.31. The van der Waals surface area contributed by atoms with Gasteiger partial charge in [-0.05, 0) is 71.7 Å². The molecular formula is C30H33ClN4O2. The van der Waals surface area contributed by atoms with Crippen LogP contribution >= 0.6 is 11.6 Å². The van der Waals surface area contributed by atoms with Crippen molar-refractivity contribution in [1.29, 1.82) is 5.41 Å². The van der Waals surface area contributed by atoms with Gasteiger partial charge in [-0.15, -0.1) is 0 Å². The highest BCUT2D eigenvalue weighted by molar-refractivity contribution is 6.30. The van der Waals surface area contributed by atoms with Crippen molar-refractivity contribution in [3.05, 3.63) is 94.5 Å². The van der Waals surface area contributed by atoms with Crippen molar-refractivity contribution in [3.63, 3.8) is 0 Å². The molecule has 1 heterocycles. The van der Waals surface area contributed by atoms with Crippen LogP contribution in [0.4, 0.5) is 0 Å². The van der Waals surface area contributed by atoms with Crippen LogP contribution in [0.3, 0.4) is 0 Å². The fourth-order valence-corrected chi connectivity index (χ4v) is 4.94. The van der Waals surface area contributed by atoms with Gasteiger partial charge in [-0.2, -0.15) is 0 Å². The summed E-state index contributed by atoms with van der Waals surface area (Å²) in [5.74, 6) is 0.0145. The Morgan fingerprint density at radius 2 is 1.51 bits per heavy atom. The minimum atomic E-state index is -0.607. The molecule has 1 unspecified atom stereocenters. The molecule has 37 heavy (non-hydrogen) atoms. The number of rotatable bonds is 7. The molecular weight excluding hydrogens is 484 g/mol. The Bertz CT molecular complexity index is 1280. The first-order valence-electron chi connectivity index (χ1n) is 12.6. The van der Waals surface area contributed by atoms with E-state index in [4.69, 9.17) is 22.7 Å². The third-order valence-corrected chi connectivity index (χ3v) is 7.25. The van der Waals surface area contributed by atoms with Gasteiger partial charge in [0.05, 0.1) is 0 Å². The number of carbonyl (C=O) groups is 2. The number of halogens is 1. The van der Waals surface area contributed by atoms with E-state index in [2.05, 4.69) is 17.4 Å². The monoisotopic (exact) mass is 516 g/mol. The predicted octanol–water partition coefficient (Wildman–Crippen LogP) is 5.45. The number of carbonyl (C=O) groups excluding carboxylic acids is 2. The number of nitrogens with zero attached hydrogens (tertiary/aromatic N) is 1. The number of amidine groups is 1. The lowest BCUT2D eigenvalue weighted by atomic mass is 9.89. The van der Waals surface area contributed by atoms with Crippen LogP contribution < -0.4 is 11.1 Å². The average molecular weight is 517 g/mol. The number of hydrogen-bond donors (Lipinski definition) is 3. The van der Waals surface area contributed by atoms with Crippen molar-refractivity contribution in [3.8, 4) is 11.1 Å². The molecule has 1 aliphatic rings. The lowest BCUT2D eigenvalue weighted by Gasteiger charge is -2.35. The number of benzene rings is 3. The summed E-state index contributed by atoms with van der Waals surface area (Å²) in [5.41, 5.74) is 9.69. The molecule has 1 atom stereocenters. The van der Waals surface area contributed by atoms with Gasteiger partial charge >= 0.3 is 0 Å². The topological polar surface area (TPSA) is 99.3 Å². The number of nitrogens with one attached hydrogen (secondary N) is 2. The van der Waals surface area contributed by atoms with Crippen molar-refractivity contribution in [2.24, 2.45) is 11.7 Å². The van der Waals surface area contributed by atoms with Gasteiger partial charge < -0.3 is 16.0 Å². The number of nitrogens with two attached hydrogens (primary N) is 1. The van der Waals surface area contributed by atoms with E-state index in [1.165, 1.54) is 5.56 Å². The molecule has 1 aliphatic heterocycles. The first-order chi connectivity index (χ1) is 17.7. The Labute approximate surface area is 223 Å². The molecule has 3 aromatic carbocycles. The van der Waals surface area contributed by atoms with E-state index < -0.39 is 6.04 Å². The summed E-state index contributed by atoms with van der Waals surface area (Å²) in [5, 5.41) is 11.4. The predicted molar refractivity (Wildman–Crippen MR) is 149 cm³/mol. The van der Waals surface area contributed by atoms with Crippen LogP contribution in [-0.4, -0.2) is 41.7 Å². The zero-order chi connectivity index (χ0) is 26.5. The fourth-order valence-electron chi connectivity index (χ4n) is 4.81. The van der Waals surface area contributed by atoms with Gasteiger partial charge in [-0.1, -0.05) is 67.9 Å². The molecule has 7 heteroatoms. The highest BCUT2D eigenvalue weighted by atomic mass is 35.5. The molecule has 3 aromatic rings. The van der Waals surface area contributed by atoms with Crippen molar-refractivity contribution in [2.75, 3.05) is 13.1 Å². The van der Waals surface area contributed by atoms with E-state index in [1.807, 2.05) is 61.2 Å². The number of amides is 2. The van der Waals surface area contributed by atoms with Crippen LogP contribution in [0.15, 0.2) is 72.8 Å². The quantitative estimate of drug-likeness (QED) is 0.287. The van der Waals surface area contributed by atoms with E-state index in [-0.39, 0.29) is 23.6 Å². The molecule has 0 radical (unpaired) electrons. The van der Waals surface area contributed by atoms with Crippen molar-refractivity contribution >= 4 is 29.3 Å². The lowest BCUT2D eigenvalue weighted by molar-refractivity contribution is -0.135. The Balaban J connectivity index is 1.43. The molecule has 0 saturated carbocycles. The minimum Gasteiger partial charge on any atom is -0.384 e. The number of piperidine rings is 1. The normalized spacial score (nSPS) is 14.9. The van der Waals surface area contributed by atoms with Gasteiger partial charge in [0, 0.05) is 29.2 Å². The molecule has 2 amide bonds. The lowest BCUT2D eigenvalue weighted by Crippen LogP contribution is -2.52. The highest BCUT2D eigenvalue weighted by Crippen LogP contribution is 2.29. The van der Waals surface area contributed by atoms with Crippen molar-refractivity contribution in [1.82, 2.24) is 10.2 Å². The van der Waals surface area contributed by atoms with Crippen molar-refractivity contribution < 1.29 is 9.59 Å². The first-order valence-corrected chi connectivity index (χ1v) is 13.0. The average Bonchev–Trinajstić information content (AvgIpc) is 2.91. The Morgan fingerprint density at radius 1 is 0.946 bits per heavy atom. The summed E-state index contributed by atoms with van der Waals surface area (Å²) in [6.07, 6.45) is 1.76. The molecule has 4 N–H and O–H groups in total. The second-order valence-corrected chi connectivity index (χ2v) is 10.4. The number of nitrogen functional groups attached to an aromatic ring is 1. The smallest absolute Gasteiger partial charge is 0.251 e. The molecule has 1 fully saturated rings. The van der Waals surface area contributed by atoms with Gasteiger partial charge in [0.15, 0.2) is 0 Å².